The van der Waals surface area contributed by atoms with Crippen LogP contribution in [0.1, 0.15) is 58.8 Å². The summed E-state index contributed by atoms with van der Waals surface area (Å²) >= 11 is 0. The predicted octanol–water partition coefficient (Wildman–Crippen LogP) is 2.09. The second-order valence-corrected chi connectivity index (χ2v) is 7.82. The van der Waals surface area contributed by atoms with Gasteiger partial charge in [0.2, 0.25) is 5.91 Å². The second kappa shape index (κ2) is 13.0. The maximum absolute atomic E-state index is 13.0. The molecule has 1 fully saturated rings. The first-order valence-corrected chi connectivity index (χ1v) is 10.3. The van der Waals surface area contributed by atoms with Crippen LogP contribution in [-0.2, 0) is 23.9 Å². The highest BCUT2D eigenvalue weighted by atomic mass is 16.5. The summed E-state index contributed by atoms with van der Waals surface area (Å²) in [7, 11) is 1.25. The van der Waals surface area contributed by atoms with Crippen LogP contribution in [0.4, 0.5) is 4.79 Å². The van der Waals surface area contributed by atoms with Gasteiger partial charge in [0.25, 0.3) is 0 Å². The zero-order chi connectivity index (χ0) is 21.8. The molecule has 1 aliphatic rings. The van der Waals surface area contributed by atoms with E-state index in [2.05, 4.69) is 10.6 Å². The highest BCUT2D eigenvalue weighted by Crippen LogP contribution is 2.26. The van der Waals surface area contributed by atoms with E-state index in [9.17, 15) is 24.3 Å². The summed E-state index contributed by atoms with van der Waals surface area (Å²) in [6, 6.07) is -0.850. The standard InChI is InChI=1S/C20H34N2O7/c1-13(2)12-15-14(18(24)25)8-5-7-11-29-20(27)21-10-6-4-9-16(19(26)28-3)22-17(15)23/h13-16H,4-12H2,1-3H3,(H,21,27)(H,22,23)(H,24,25)/t14-,15+,16-/m0/s1. The van der Waals surface area contributed by atoms with Gasteiger partial charge in [0, 0.05) is 6.54 Å². The average molecular weight is 414 g/mol. The number of methoxy groups -OCH3 is 1. The molecular weight excluding hydrogens is 380 g/mol. The lowest BCUT2D eigenvalue weighted by atomic mass is 9.81. The number of carboxylic acid groups (broad SMARTS) is 1. The molecule has 1 aliphatic heterocycles. The lowest BCUT2D eigenvalue weighted by molar-refractivity contribution is -0.150. The maximum Gasteiger partial charge on any atom is 0.407 e. The van der Waals surface area contributed by atoms with Gasteiger partial charge in [0.15, 0.2) is 0 Å². The molecule has 0 aromatic heterocycles. The number of amides is 2. The van der Waals surface area contributed by atoms with Gasteiger partial charge in [-0.3, -0.25) is 9.59 Å². The third-order valence-corrected chi connectivity index (χ3v) is 5.00. The van der Waals surface area contributed by atoms with E-state index in [-0.39, 0.29) is 18.9 Å². The molecule has 0 aromatic rings. The number of rotatable bonds is 4. The molecule has 3 N–H and O–H groups in total. The van der Waals surface area contributed by atoms with Gasteiger partial charge in [-0.1, -0.05) is 13.8 Å². The van der Waals surface area contributed by atoms with E-state index < -0.39 is 41.8 Å². The number of carboxylic acids is 1. The molecule has 1 rings (SSSR count). The van der Waals surface area contributed by atoms with E-state index in [1.807, 2.05) is 13.8 Å². The van der Waals surface area contributed by atoms with E-state index in [4.69, 9.17) is 9.47 Å². The number of nitrogens with one attached hydrogen (secondary N) is 2. The molecule has 0 saturated carbocycles. The first-order valence-electron chi connectivity index (χ1n) is 10.3. The summed E-state index contributed by atoms with van der Waals surface area (Å²) in [5.74, 6) is -3.56. The SMILES string of the molecule is COC(=O)[C@@H]1CCCCNC(=O)OCCCC[C@H](C(=O)O)[C@@H](CC(C)C)C(=O)N1. The van der Waals surface area contributed by atoms with E-state index >= 15 is 0 Å². The minimum Gasteiger partial charge on any atom is -0.481 e. The van der Waals surface area contributed by atoms with Crippen LogP contribution in [-0.4, -0.2) is 55.3 Å². The van der Waals surface area contributed by atoms with Crippen LogP contribution in [0.5, 0.6) is 0 Å². The second-order valence-electron chi connectivity index (χ2n) is 7.82. The third-order valence-electron chi connectivity index (χ3n) is 5.00. The fraction of sp³-hybridized carbons (Fsp3) is 0.800. The van der Waals surface area contributed by atoms with E-state index in [0.29, 0.717) is 45.1 Å². The molecule has 0 spiro atoms. The molecule has 0 aromatic carbocycles. The molecule has 166 valence electrons. The molecule has 9 heteroatoms. The fourth-order valence-electron chi connectivity index (χ4n) is 3.47. The number of hydrogen-bond donors (Lipinski definition) is 3. The summed E-state index contributed by atoms with van der Waals surface area (Å²) in [5, 5.41) is 15.1. The van der Waals surface area contributed by atoms with E-state index in [1.54, 1.807) is 0 Å². The van der Waals surface area contributed by atoms with E-state index in [0.717, 1.165) is 0 Å². The van der Waals surface area contributed by atoms with Crippen molar-refractivity contribution in [2.45, 2.75) is 64.8 Å². The molecule has 0 radical (unpaired) electrons. The van der Waals surface area contributed by atoms with Gasteiger partial charge in [-0.25, -0.2) is 9.59 Å². The van der Waals surface area contributed by atoms with Crippen molar-refractivity contribution >= 4 is 23.9 Å². The van der Waals surface area contributed by atoms with Crippen LogP contribution in [0.2, 0.25) is 0 Å². The zero-order valence-electron chi connectivity index (χ0n) is 17.6. The number of alkyl carbamates (subject to hydrolysis) is 1. The Hall–Kier alpha value is -2.32. The minimum atomic E-state index is -1.04. The number of ether oxygens (including phenoxy) is 2. The largest absolute Gasteiger partial charge is 0.481 e. The Morgan fingerprint density at radius 1 is 1.17 bits per heavy atom. The first-order chi connectivity index (χ1) is 13.8. The molecule has 0 unspecified atom stereocenters. The predicted molar refractivity (Wildman–Crippen MR) is 105 cm³/mol. The van der Waals surface area contributed by atoms with Crippen molar-refractivity contribution in [2.75, 3.05) is 20.3 Å². The molecule has 1 heterocycles. The monoisotopic (exact) mass is 414 g/mol. The quantitative estimate of drug-likeness (QED) is 0.600. The Labute approximate surface area is 171 Å². The van der Waals surface area contributed by atoms with Crippen LogP contribution in [0.15, 0.2) is 0 Å². The number of carbonyl (C=O) groups is 4. The Morgan fingerprint density at radius 3 is 2.48 bits per heavy atom. The molecule has 29 heavy (non-hydrogen) atoms. The van der Waals surface area contributed by atoms with Crippen LogP contribution in [0, 0.1) is 17.8 Å². The van der Waals surface area contributed by atoms with Gasteiger partial charge >= 0.3 is 18.0 Å². The van der Waals surface area contributed by atoms with Gasteiger partial charge < -0.3 is 25.2 Å². The van der Waals surface area contributed by atoms with Crippen LogP contribution < -0.4 is 10.6 Å². The summed E-state index contributed by atoms with van der Waals surface area (Å²) in [6.45, 7) is 4.45. The van der Waals surface area contributed by atoms with Gasteiger partial charge in [-0.2, -0.15) is 0 Å². The molecule has 3 atom stereocenters. The number of esters is 1. The van der Waals surface area contributed by atoms with Crippen molar-refractivity contribution < 1.29 is 33.8 Å². The van der Waals surface area contributed by atoms with Crippen molar-refractivity contribution in [3.05, 3.63) is 0 Å². The summed E-state index contributed by atoms with van der Waals surface area (Å²) in [5.41, 5.74) is 0. The number of hydrogen-bond acceptors (Lipinski definition) is 6. The maximum atomic E-state index is 13.0. The van der Waals surface area contributed by atoms with Crippen LogP contribution in [0.3, 0.4) is 0 Å². The summed E-state index contributed by atoms with van der Waals surface area (Å²) < 4.78 is 9.87. The Bertz CT molecular complexity index is 565. The summed E-state index contributed by atoms with van der Waals surface area (Å²) in [6.07, 6.45) is 2.70. The van der Waals surface area contributed by atoms with Crippen molar-refractivity contribution in [3.8, 4) is 0 Å². The van der Waals surface area contributed by atoms with Crippen molar-refractivity contribution in [3.63, 3.8) is 0 Å². The van der Waals surface area contributed by atoms with Gasteiger partial charge in [-0.05, 0) is 50.9 Å². The topological polar surface area (TPSA) is 131 Å². The molecule has 2 amide bonds. The van der Waals surface area contributed by atoms with Gasteiger partial charge in [-0.15, -0.1) is 0 Å². The number of carbonyl (C=O) groups excluding carboxylic acids is 3. The van der Waals surface area contributed by atoms with Crippen molar-refractivity contribution in [2.24, 2.45) is 17.8 Å². The average Bonchev–Trinajstić information content (AvgIpc) is 2.66. The first kappa shape index (κ1) is 24.7. The van der Waals surface area contributed by atoms with E-state index in [1.165, 1.54) is 7.11 Å². The molecule has 9 nitrogen and oxygen atoms in total. The lowest BCUT2D eigenvalue weighted by Crippen LogP contribution is -2.47. The number of cyclic esters (lactones) is 1. The molecule has 1 saturated heterocycles. The smallest absolute Gasteiger partial charge is 0.407 e. The highest BCUT2D eigenvalue weighted by Gasteiger charge is 2.35. The van der Waals surface area contributed by atoms with Gasteiger partial charge in [0.1, 0.15) is 6.04 Å². The molecule has 0 aliphatic carbocycles. The fourth-order valence-corrected chi connectivity index (χ4v) is 3.47. The van der Waals surface area contributed by atoms with Gasteiger partial charge in [0.05, 0.1) is 25.6 Å². The number of aliphatic carboxylic acids is 1. The lowest BCUT2D eigenvalue weighted by Gasteiger charge is -2.27. The highest BCUT2D eigenvalue weighted by molar-refractivity contribution is 5.88. The van der Waals surface area contributed by atoms with Crippen LogP contribution >= 0.6 is 0 Å². The van der Waals surface area contributed by atoms with Crippen molar-refractivity contribution in [1.82, 2.24) is 10.6 Å². The van der Waals surface area contributed by atoms with Crippen LogP contribution in [0.25, 0.3) is 0 Å². The Balaban J connectivity index is 3.03. The summed E-state index contributed by atoms with van der Waals surface area (Å²) in [4.78, 5) is 48.6. The third kappa shape index (κ3) is 9.15. The normalized spacial score (nSPS) is 25.4. The minimum absolute atomic E-state index is 0.113. The molecular formula is C20H34N2O7. The zero-order valence-corrected chi connectivity index (χ0v) is 17.6. The molecule has 0 bridgehead atoms. The van der Waals surface area contributed by atoms with Crippen molar-refractivity contribution in [1.29, 1.82) is 0 Å². The Kier molecular flexibility index (Phi) is 11.1. The Morgan fingerprint density at radius 2 is 1.86 bits per heavy atom.